The van der Waals surface area contributed by atoms with Gasteiger partial charge in [0.2, 0.25) is 0 Å². The van der Waals surface area contributed by atoms with E-state index in [2.05, 4.69) is 15.2 Å². The Kier molecular flexibility index (Phi) is 3.16. The van der Waals surface area contributed by atoms with Gasteiger partial charge in [-0.05, 0) is 13.0 Å². The number of hydrogen-bond donors (Lipinski definition) is 1. The Morgan fingerprint density at radius 1 is 1.56 bits per heavy atom. The largest absolute Gasteiger partial charge is 0.478 e. The number of carboxylic acids is 1. The SMILES string of the molecule is Cc1cc(Sc2nncs2)c(C(=O)O)cn1. The van der Waals surface area contributed by atoms with Gasteiger partial charge in [0, 0.05) is 16.8 Å². The molecular formula is C9H7N3O2S2. The van der Waals surface area contributed by atoms with Gasteiger partial charge in [-0.25, -0.2) is 4.79 Å². The molecule has 0 aliphatic carbocycles. The van der Waals surface area contributed by atoms with Crippen LogP contribution in [0.3, 0.4) is 0 Å². The molecule has 16 heavy (non-hydrogen) atoms. The highest BCUT2D eigenvalue weighted by atomic mass is 32.2. The number of aryl methyl sites for hydroxylation is 1. The number of nitrogens with zero attached hydrogens (tertiary/aromatic N) is 3. The summed E-state index contributed by atoms with van der Waals surface area (Å²) in [5, 5.41) is 16.6. The average Bonchev–Trinajstić information content (AvgIpc) is 2.70. The molecule has 0 aliphatic rings. The van der Waals surface area contributed by atoms with Crippen LogP contribution >= 0.6 is 23.1 Å². The molecule has 0 aromatic carbocycles. The summed E-state index contributed by atoms with van der Waals surface area (Å²) in [5.41, 5.74) is 2.57. The number of rotatable bonds is 3. The lowest BCUT2D eigenvalue weighted by atomic mass is 10.2. The molecule has 2 aromatic heterocycles. The van der Waals surface area contributed by atoms with Crippen LogP contribution in [0.5, 0.6) is 0 Å². The molecule has 0 unspecified atom stereocenters. The van der Waals surface area contributed by atoms with E-state index in [1.165, 1.54) is 29.3 Å². The first-order valence-corrected chi connectivity index (χ1v) is 6.00. The van der Waals surface area contributed by atoms with Gasteiger partial charge >= 0.3 is 5.97 Å². The van der Waals surface area contributed by atoms with Gasteiger partial charge in [0.15, 0.2) is 4.34 Å². The van der Waals surface area contributed by atoms with Crippen LogP contribution in [0, 0.1) is 6.92 Å². The molecule has 0 atom stereocenters. The number of aromatic nitrogens is 3. The van der Waals surface area contributed by atoms with E-state index in [0.29, 0.717) is 9.24 Å². The molecular weight excluding hydrogens is 246 g/mol. The normalized spacial score (nSPS) is 10.3. The van der Waals surface area contributed by atoms with Crippen molar-refractivity contribution in [3.63, 3.8) is 0 Å². The van der Waals surface area contributed by atoms with Crippen LogP contribution in [0.1, 0.15) is 16.1 Å². The second kappa shape index (κ2) is 4.58. The van der Waals surface area contributed by atoms with E-state index < -0.39 is 5.97 Å². The molecule has 82 valence electrons. The van der Waals surface area contributed by atoms with Crippen LogP contribution in [-0.4, -0.2) is 26.3 Å². The lowest BCUT2D eigenvalue weighted by molar-refractivity contribution is 0.0692. The minimum atomic E-state index is -0.987. The minimum absolute atomic E-state index is 0.186. The molecule has 0 fully saturated rings. The molecule has 2 aromatic rings. The maximum Gasteiger partial charge on any atom is 0.338 e. The summed E-state index contributed by atoms with van der Waals surface area (Å²) in [7, 11) is 0. The first-order valence-electron chi connectivity index (χ1n) is 4.31. The molecule has 1 N–H and O–H groups in total. The van der Waals surface area contributed by atoms with Crippen LogP contribution < -0.4 is 0 Å². The minimum Gasteiger partial charge on any atom is -0.478 e. The summed E-state index contributed by atoms with van der Waals surface area (Å²) in [5.74, 6) is -0.987. The van der Waals surface area contributed by atoms with E-state index in [-0.39, 0.29) is 5.56 Å². The fraction of sp³-hybridized carbons (Fsp3) is 0.111. The second-order valence-electron chi connectivity index (χ2n) is 2.93. The van der Waals surface area contributed by atoms with Crippen LogP contribution in [0.4, 0.5) is 0 Å². The lowest BCUT2D eigenvalue weighted by Crippen LogP contribution is -2.00. The van der Waals surface area contributed by atoms with E-state index in [9.17, 15) is 4.79 Å². The third-order valence-electron chi connectivity index (χ3n) is 1.77. The summed E-state index contributed by atoms with van der Waals surface area (Å²) in [6.45, 7) is 1.82. The predicted octanol–water partition coefficient (Wildman–Crippen LogP) is 2.09. The van der Waals surface area contributed by atoms with Gasteiger partial charge in [-0.1, -0.05) is 23.1 Å². The Bertz CT molecular complexity index is 513. The Morgan fingerprint density at radius 2 is 2.38 bits per heavy atom. The summed E-state index contributed by atoms with van der Waals surface area (Å²) in [4.78, 5) is 15.6. The monoisotopic (exact) mass is 253 g/mol. The van der Waals surface area contributed by atoms with Gasteiger partial charge < -0.3 is 5.11 Å². The molecule has 0 saturated heterocycles. The predicted molar refractivity (Wildman–Crippen MR) is 60.0 cm³/mol. The van der Waals surface area contributed by atoms with E-state index >= 15 is 0 Å². The Morgan fingerprint density at radius 3 is 3.00 bits per heavy atom. The van der Waals surface area contributed by atoms with Gasteiger partial charge in [-0.3, -0.25) is 4.98 Å². The molecule has 7 heteroatoms. The zero-order valence-corrected chi connectivity index (χ0v) is 9.88. The Balaban J connectivity index is 2.38. The maximum atomic E-state index is 11.0. The van der Waals surface area contributed by atoms with Crippen molar-refractivity contribution in [1.82, 2.24) is 15.2 Å². The zero-order valence-electron chi connectivity index (χ0n) is 8.25. The molecule has 0 bridgehead atoms. The average molecular weight is 253 g/mol. The van der Waals surface area contributed by atoms with E-state index in [1.54, 1.807) is 11.6 Å². The highest BCUT2D eigenvalue weighted by Crippen LogP contribution is 2.31. The summed E-state index contributed by atoms with van der Waals surface area (Å²) in [6.07, 6.45) is 1.36. The molecule has 2 rings (SSSR count). The number of carboxylic acid groups (broad SMARTS) is 1. The lowest BCUT2D eigenvalue weighted by Gasteiger charge is -2.03. The molecule has 2 heterocycles. The molecule has 5 nitrogen and oxygen atoms in total. The zero-order chi connectivity index (χ0) is 11.5. The topological polar surface area (TPSA) is 76.0 Å². The van der Waals surface area contributed by atoms with Crippen LogP contribution in [-0.2, 0) is 0 Å². The highest BCUT2D eigenvalue weighted by molar-refractivity contribution is 8.01. The number of aromatic carboxylic acids is 1. The van der Waals surface area contributed by atoms with Crippen LogP contribution in [0.15, 0.2) is 27.0 Å². The van der Waals surface area contributed by atoms with E-state index in [0.717, 1.165) is 5.69 Å². The van der Waals surface area contributed by atoms with Crippen molar-refractivity contribution in [2.75, 3.05) is 0 Å². The highest BCUT2D eigenvalue weighted by Gasteiger charge is 2.13. The number of carbonyl (C=O) groups is 1. The van der Waals surface area contributed by atoms with E-state index in [4.69, 9.17) is 5.11 Å². The molecule has 0 saturated carbocycles. The van der Waals surface area contributed by atoms with Crippen molar-refractivity contribution in [2.24, 2.45) is 0 Å². The van der Waals surface area contributed by atoms with Gasteiger partial charge in [0.1, 0.15) is 5.51 Å². The molecule has 0 aliphatic heterocycles. The first-order chi connectivity index (χ1) is 7.66. The third-order valence-corrected chi connectivity index (χ3v) is 3.61. The quantitative estimate of drug-likeness (QED) is 0.902. The van der Waals surface area contributed by atoms with E-state index in [1.807, 2.05) is 6.92 Å². The fourth-order valence-electron chi connectivity index (χ4n) is 1.08. The van der Waals surface area contributed by atoms with Crippen molar-refractivity contribution in [1.29, 1.82) is 0 Å². The Labute approximate surface area is 99.6 Å². The fourth-order valence-corrected chi connectivity index (χ4v) is 2.71. The van der Waals surface area contributed by atoms with Crippen molar-refractivity contribution >= 4 is 29.1 Å². The Hall–Kier alpha value is -1.47. The third kappa shape index (κ3) is 2.37. The van der Waals surface area contributed by atoms with Crippen molar-refractivity contribution in [3.05, 3.63) is 29.0 Å². The van der Waals surface area contributed by atoms with Crippen molar-refractivity contribution < 1.29 is 9.90 Å². The molecule has 0 spiro atoms. The summed E-state index contributed by atoms with van der Waals surface area (Å²) < 4.78 is 0.716. The standard InChI is InChI=1S/C9H7N3O2S2/c1-5-2-7(6(3-10-5)8(13)14)16-9-12-11-4-15-9/h2-4H,1H3,(H,13,14). The molecule has 0 amide bonds. The number of hydrogen-bond acceptors (Lipinski definition) is 6. The second-order valence-corrected chi connectivity index (χ2v) is 5.06. The van der Waals surface area contributed by atoms with Crippen LogP contribution in [0.25, 0.3) is 0 Å². The van der Waals surface area contributed by atoms with Gasteiger partial charge in [-0.2, -0.15) is 0 Å². The number of pyridine rings is 1. The summed E-state index contributed by atoms with van der Waals surface area (Å²) >= 11 is 2.66. The van der Waals surface area contributed by atoms with Crippen molar-refractivity contribution in [2.45, 2.75) is 16.2 Å². The smallest absolute Gasteiger partial charge is 0.338 e. The first kappa shape index (κ1) is 11.0. The van der Waals surface area contributed by atoms with Crippen LogP contribution in [0.2, 0.25) is 0 Å². The maximum absolute atomic E-state index is 11.0. The van der Waals surface area contributed by atoms with Gasteiger partial charge in [0.05, 0.1) is 5.56 Å². The van der Waals surface area contributed by atoms with Gasteiger partial charge in [0.25, 0.3) is 0 Å². The van der Waals surface area contributed by atoms with Crippen molar-refractivity contribution in [3.8, 4) is 0 Å². The molecule has 0 radical (unpaired) electrons. The van der Waals surface area contributed by atoms with Gasteiger partial charge in [-0.15, -0.1) is 10.2 Å². The summed E-state index contributed by atoms with van der Waals surface area (Å²) in [6, 6.07) is 1.73.